The summed E-state index contributed by atoms with van der Waals surface area (Å²) in [4.78, 5) is 28.3. The zero-order valence-corrected chi connectivity index (χ0v) is 18.0. The molecule has 0 saturated carbocycles. The van der Waals surface area contributed by atoms with Crippen LogP contribution in [-0.2, 0) is 0 Å². The molecule has 154 valence electrons. The maximum atomic E-state index is 13.1. The summed E-state index contributed by atoms with van der Waals surface area (Å²) < 4.78 is 7.53. The Morgan fingerprint density at radius 3 is 2.77 bits per heavy atom. The monoisotopic (exact) mass is 470 g/mol. The topological polar surface area (TPSA) is 99.6 Å². The van der Waals surface area contributed by atoms with Crippen molar-refractivity contribution in [3.8, 4) is 5.75 Å². The van der Waals surface area contributed by atoms with Gasteiger partial charge in [0.25, 0.3) is 11.2 Å². The van der Waals surface area contributed by atoms with Crippen LogP contribution < -0.4 is 10.3 Å². The van der Waals surface area contributed by atoms with Crippen molar-refractivity contribution in [2.24, 2.45) is 5.10 Å². The van der Waals surface area contributed by atoms with Crippen molar-refractivity contribution in [1.29, 1.82) is 0 Å². The van der Waals surface area contributed by atoms with Crippen molar-refractivity contribution in [1.82, 2.24) is 9.66 Å². The van der Waals surface area contributed by atoms with Crippen molar-refractivity contribution in [3.63, 3.8) is 0 Å². The lowest BCUT2D eigenvalue weighted by molar-refractivity contribution is -0.384. The molecule has 3 aromatic rings. The van der Waals surface area contributed by atoms with Crippen molar-refractivity contribution in [2.45, 2.75) is 19.8 Å². The largest absolute Gasteiger partial charge is 0.489 e. The minimum atomic E-state index is -0.505. The van der Waals surface area contributed by atoms with Gasteiger partial charge in [-0.15, -0.1) is 0 Å². The molecule has 0 aliphatic rings. The van der Waals surface area contributed by atoms with Crippen molar-refractivity contribution in [3.05, 3.63) is 85.4 Å². The van der Waals surface area contributed by atoms with Crippen LogP contribution in [-0.4, -0.2) is 27.4 Å². The number of aromatic nitrogens is 2. The van der Waals surface area contributed by atoms with Gasteiger partial charge in [-0.05, 0) is 24.3 Å². The Hall–Kier alpha value is -3.33. The summed E-state index contributed by atoms with van der Waals surface area (Å²) in [5.74, 6) is 0.787. The van der Waals surface area contributed by atoms with E-state index in [0.717, 1.165) is 4.47 Å². The van der Waals surface area contributed by atoms with E-state index in [0.29, 0.717) is 28.0 Å². The Morgan fingerprint density at radius 1 is 1.33 bits per heavy atom. The highest BCUT2D eigenvalue weighted by Gasteiger charge is 2.15. The Morgan fingerprint density at radius 2 is 2.10 bits per heavy atom. The molecular weight excluding hydrogens is 452 g/mol. The normalized spacial score (nSPS) is 11.3. The summed E-state index contributed by atoms with van der Waals surface area (Å²) >= 11 is 3.37. The number of rotatable bonds is 7. The van der Waals surface area contributed by atoms with Gasteiger partial charge in [0.2, 0.25) is 0 Å². The van der Waals surface area contributed by atoms with E-state index in [2.05, 4.69) is 32.6 Å². The lowest BCUT2D eigenvalue weighted by Crippen LogP contribution is -2.23. The summed E-state index contributed by atoms with van der Waals surface area (Å²) in [5, 5.41) is 15.9. The number of nitrogens with zero attached hydrogens (tertiary/aromatic N) is 4. The molecular formula is C21H19BrN4O4. The first kappa shape index (κ1) is 21.4. The molecule has 0 fully saturated rings. The molecule has 1 heterocycles. The van der Waals surface area contributed by atoms with Gasteiger partial charge in [-0.25, -0.2) is 4.98 Å². The fourth-order valence-corrected chi connectivity index (χ4v) is 3.16. The van der Waals surface area contributed by atoms with E-state index in [4.69, 9.17) is 4.74 Å². The molecule has 0 N–H and O–H groups in total. The van der Waals surface area contributed by atoms with E-state index in [1.54, 1.807) is 18.2 Å². The molecule has 0 atom stereocenters. The van der Waals surface area contributed by atoms with E-state index in [1.807, 2.05) is 19.9 Å². The lowest BCUT2D eigenvalue weighted by Gasteiger charge is -2.12. The third-order valence-electron chi connectivity index (χ3n) is 4.22. The Kier molecular flexibility index (Phi) is 6.41. The van der Waals surface area contributed by atoms with Gasteiger partial charge in [0.15, 0.2) is 0 Å². The fraction of sp³-hybridized carbons (Fsp3) is 0.190. The maximum absolute atomic E-state index is 13.1. The number of halogens is 1. The third-order valence-corrected chi connectivity index (χ3v) is 4.72. The van der Waals surface area contributed by atoms with Crippen molar-refractivity contribution >= 4 is 38.7 Å². The zero-order chi connectivity index (χ0) is 21.8. The average Bonchev–Trinajstić information content (AvgIpc) is 2.71. The molecule has 9 heteroatoms. The van der Waals surface area contributed by atoms with Crippen LogP contribution in [0.4, 0.5) is 5.69 Å². The van der Waals surface area contributed by atoms with Gasteiger partial charge in [0.05, 0.1) is 22.0 Å². The van der Waals surface area contributed by atoms with E-state index < -0.39 is 4.92 Å². The summed E-state index contributed by atoms with van der Waals surface area (Å²) in [6.45, 7) is 7.64. The van der Waals surface area contributed by atoms with Crippen LogP contribution in [0.15, 0.2) is 63.4 Å². The number of non-ortho nitro benzene ring substituents is 1. The van der Waals surface area contributed by atoms with Crippen LogP contribution in [0.2, 0.25) is 0 Å². The van der Waals surface area contributed by atoms with Gasteiger partial charge >= 0.3 is 0 Å². The Labute approximate surface area is 180 Å². The van der Waals surface area contributed by atoms with E-state index in [-0.39, 0.29) is 23.8 Å². The third kappa shape index (κ3) is 4.46. The van der Waals surface area contributed by atoms with Crippen LogP contribution in [0.1, 0.15) is 31.2 Å². The van der Waals surface area contributed by atoms with Gasteiger partial charge in [0, 0.05) is 28.1 Å². The van der Waals surface area contributed by atoms with Crippen LogP contribution in [0, 0.1) is 10.1 Å². The standard InChI is InChI=1S/C21H19BrN4O4/c1-4-9-30-19-8-6-16(26(28)29)10-14(19)12-23-25-20(13(2)3)24-18-7-5-15(22)11-17(18)21(25)27/h4-8,10-13H,1,9H2,2-3H3. The predicted molar refractivity (Wildman–Crippen MR) is 120 cm³/mol. The molecule has 0 unspecified atom stereocenters. The maximum Gasteiger partial charge on any atom is 0.282 e. The first-order valence-electron chi connectivity index (χ1n) is 9.10. The first-order valence-corrected chi connectivity index (χ1v) is 9.89. The smallest absolute Gasteiger partial charge is 0.282 e. The van der Waals surface area contributed by atoms with E-state index in [1.165, 1.54) is 29.1 Å². The van der Waals surface area contributed by atoms with Gasteiger partial charge in [-0.2, -0.15) is 9.78 Å². The van der Waals surface area contributed by atoms with Gasteiger partial charge in [0.1, 0.15) is 18.2 Å². The predicted octanol–water partition coefficient (Wildman–Crippen LogP) is 4.64. The molecule has 2 aromatic carbocycles. The molecule has 0 spiro atoms. The van der Waals surface area contributed by atoms with Gasteiger partial charge < -0.3 is 4.74 Å². The molecule has 30 heavy (non-hydrogen) atoms. The van der Waals surface area contributed by atoms with Crippen LogP contribution >= 0.6 is 15.9 Å². The molecule has 3 rings (SSSR count). The fourth-order valence-electron chi connectivity index (χ4n) is 2.80. The molecule has 0 radical (unpaired) electrons. The number of nitro benzene ring substituents is 1. The number of benzene rings is 2. The summed E-state index contributed by atoms with van der Waals surface area (Å²) in [5.41, 5.74) is 0.491. The first-order chi connectivity index (χ1) is 14.3. The zero-order valence-electron chi connectivity index (χ0n) is 16.4. The van der Waals surface area contributed by atoms with Crippen molar-refractivity contribution in [2.75, 3.05) is 6.61 Å². The van der Waals surface area contributed by atoms with Crippen LogP contribution in [0.3, 0.4) is 0 Å². The number of fused-ring (bicyclic) bond motifs is 1. The van der Waals surface area contributed by atoms with Crippen molar-refractivity contribution < 1.29 is 9.66 Å². The Balaban J connectivity index is 2.17. The molecule has 1 aromatic heterocycles. The molecule has 0 amide bonds. The molecule has 0 saturated heterocycles. The van der Waals surface area contributed by atoms with Gasteiger partial charge in [-0.1, -0.05) is 42.4 Å². The molecule has 0 aliphatic heterocycles. The highest BCUT2D eigenvalue weighted by atomic mass is 79.9. The van der Waals surface area contributed by atoms with Gasteiger partial charge in [-0.3, -0.25) is 14.9 Å². The second kappa shape index (κ2) is 9.00. The second-order valence-electron chi connectivity index (χ2n) is 6.73. The highest BCUT2D eigenvalue weighted by molar-refractivity contribution is 9.10. The quantitative estimate of drug-likeness (QED) is 0.216. The lowest BCUT2D eigenvalue weighted by atomic mass is 10.2. The highest BCUT2D eigenvalue weighted by Crippen LogP contribution is 2.23. The average molecular weight is 471 g/mol. The van der Waals surface area contributed by atoms with Crippen LogP contribution in [0.25, 0.3) is 10.9 Å². The Bertz CT molecular complexity index is 1220. The number of hydrogen-bond donors (Lipinski definition) is 0. The number of nitro groups is 1. The summed E-state index contributed by atoms with van der Waals surface area (Å²) in [6.07, 6.45) is 2.93. The summed E-state index contributed by atoms with van der Waals surface area (Å²) in [6, 6.07) is 9.45. The minimum absolute atomic E-state index is 0.0792. The number of ether oxygens (including phenoxy) is 1. The minimum Gasteiger partial charge on any atom is -0.489 e. The molecule has 0 aliphatic carbocycles. The second-order valence-corrected chi connectivity index (χ2v) is 7.64. The number of hydrogen-bond acceptors (Lipinski definition) is 6. The molecule has 0 bridgehead atoms. The van der Waals surface area contributed by atoms with Crippen LogP contribution in [0.5, 0.6) is 5.75 Å². The summed E-state index contributed by atoms with van der Waals surface area (Å²) in [7, 11) is 0. The SMILES string of the molecule is C=CCOc1ccc([N+](=O)[O-])cc1C=Nn1c(C(C)C)nc2ccc(Br)cc2c1=O. The molecule has 8 nitrogen and oxygen atoms in total. The van der Waals surface area contributed by atoms with E-state index in [9.17, 15) is 14.9 Å². The van der Waals surface area contributed by atoms with E-state index >= 15 is 0 Å².